The maximum absolute atomic E-state index is 11.8. The quantitative estimate of drug-likeness (QED) is 0.178. The first-order valence-electron chi connectivity index (χ1n) is 13.8. The van der Waals surface area contributed by atoms with Crippen LogP contribution in [0.4, 0.5) is 0 Å². The van der Waals surface area contributed by atoms with Gasteiger partial charge < -0.3 is 9.53 Å². The van der Waals surface area contributed by atoms with E-state index in [9.17, 15) is 9.59 Å². The third-order valence-electron chi connectivity index (χ3n) is 11.7. The lowest BCUT2D eigenvalue weighted by atomic mass is 9.43. The first-order chi connectivity index (χ1) is 15.4. The number of hydrogen-bond acceptors (Lipinski definition) is 3. The van der Waals surface area contributed by atoms with Crippen molar-refractivity contribution in [3.8, 4) is 0 Å². The standard InChI is InChI=1S/C30H48O3/c1-20(10-8-9-19-31)22-13-17-30(7)24-11-12-25-27(3,4)26(33-21(2)32)15-16-28(25,5)23(24)14-18-29(22,30)6/h19-20,22,25-26H,8-18H2,1-7H3/t20-,22-,25+,26+,28-,29-,30+/m1/s1. The summed E-state index contributed by atoms with van der Waals surface area (Å²) in [5, 5.41) is 0. The number of esters is 1. The second-order valence-corrected chi connectivity index (χ2v) is 13.4. The van der Waals surface area contributed by atoms with Crippen molar-refractivity contribution in [3.63, 3.8) is 0 Å². The van der Waals surface area contributed by atoms with Gasteiger partial charge in [-0.25, -0.2) is 0 Å². The van der Waals surface area contributed by atoms with Crippen LogP contribution < -0.4 is 0 Å². The molecule has 4 rings (SSSR count). The Balaban J connectivity index is 1.64. The van der Waals surface area contributed by atoms with E-state index in [1.165, 1.54) is 44.9 Å². The van der Waals surface area contributed by atoms with Gasteiger partial charge in [0.1, 0.15) is 12.4 Å². The van der Waals surface area contributed by atoms with Crippen LogP contribution in [0.15, 0.2) is 11.1 Å². The minimum Gasteiger partial charge on any atom is -0.462 e. The van der Waals surface area contributed by atoms with Crippen LogP contribution in [-0.4, -0.2) is 18.4 Å². The molecule has 3 nitrogen and oxygen atoms in total. The second kappa shape index (κ2) is 8.52. The van der Waals surface area contributed by atoms with Gasteiger partial charge in [0.25, 0.3) is 0 Å². The molecule has 0 aromatic heterocycles. The fourth-order valence-electron chi connectivity index (χ4n) is 9.75. The monoisotopic (exact) mass is 456 g/mol. The summed E-state index contributed by atoms with van der Waals surface area (Å²) in [7, 11) is 0. The number of aldehydes is 1. The molecule has 2 saturated carbocycles. The van der Waals surface area contributed by atoms with Crippen molar-refractivity contribution in [2.24, 2.45) is 39.4 Å². The van der Waals surface area contributed by atoms with Crippen molar-refractivity contribution in [3.05, 3.63) is 11.1 Å². The van der Waals surface area contributed by atoms with Crippen molar-refractivity contribution in [1.82, 2.24) is 0 Å². The summed E-state index contributed by atoms with van der Waals surface area (Å²) in [6.45, 7) is 16.5. The van der Waals surface area contributed by atoms with Crippen LogP contribution in [-0.2, 0) is 14.3 Å². The van der Waals surface area contributed by atoms with Gasteiger partial charge >= 0.3 is 5.97 Å². The van der Waals surface area contributed by atoms with Crippen LogP contribution in [0.25, 0.3) is 0 Å². The Bertz CT molecular complexity index is 824. The van der Waals surface area contributed by atoms with E-state index in [1.54, 1.807) is 12.5 Å². The molecule has 33 heavy (non-hydrogen) atoms. The molecule has 7 atom stereocenters. The van der Waals surface area contributed by atoms with Crippen LogP contribution in [0.2, 0.25) is 0 Å². The molecule has 2 fully saturated rings. The average Bonchev–Trinajstić information content (AvgIpc) is 3.02. The summed E-state index contributed by atoms with van der Waals surface area (Å²) in [6, 6.07) is 0. The number of hydrogen-bond donors (Lipinski definition) is 0. The summed E-state index contributed by atoms with van der Waals surface area (Å²) < 4.78 is 5.85. The van der Waals surface area contributed by atoms with E-state index in [1.807, 2.05) is 5.57 Å². The molecule has 0 radical (unpaired) electrons. The van der Waals surface area contributed by atoms with E-state index in [-0.39, 0.29) is 22.9 Å². The van der Waals surface area contributed by atoms with E-state index in [4.69, 9.17) is 4.74 Å². The Hall–Kier alpha value is -1.12. The molecule has 0 heterocycles. The van der Waals surface area contributed by atoms with E-state index in [0.717, 1.165) is 31.5 Å². The van der Waals surface area contributed by atoms with Crippen molar-refractivity contribution in [2.45, 2.75) is 125 Å². The summed E-state index contributed by atoms with van der Waals surface area (Å²) in [4.78, 5) is 22.6. The molecule has 0 aliphatic heterocycles. The van der Waals surface area contributed by atoms with Crippen molar-refractivity contribution >= 4 is 12.3 Å². The molecule has 3 heteroatoms. The average molecular weight is 457 g/mol. The molecule has 186 valence electrons. The minimum absolute atomic E-state index is 0.0180. The van der Waals surface area contributed by atoms with Gasteiger partial charge in [-0.1, -0.05) is 59.1 Å². The van der Waals surface area contributed by atoms with E-state index >= 15 is 0 Å². The number of fused-ring (bicyclic) bond motifs is 4. The Morgan fingerprint density at radius 1 is 1.03 bits per heavy atom. The number of carbonyl (C=O) groups is 2. The highest BCUT2D eigenvalue weighted by atomic mass is 16.5. The van der Waals surface area contributed by atoms with Gasteiger partial charge in [-0.3, -0.25) is 4.79 Å². The zero-order valence-electron chi connectivity index (χ0n) is 22.4. The molecule has 4 aliphatic carbocycles. The number of allylic oxidation sites excluding steroid dienone is 2. The molecular formula is C30H48O3. The first-order valence-corrected chi connectivity index (χ1v) is 13.8. The molecule has 4 aliphatic rings. The Morgan fingerprint density at radius 2 is 1.76 bits per heavy atom. The third-order valence-corrected chi connectivity index (χ3v) is 11.7. The lowest BCUT2D eigenvalue weighted by molar-refractivity contribution is -0.167. The van der Waals surface area contributed by atoms with Crippen LogP contribution in [0.3, 0.4) is 0 Å². The molecule has 0 unspecified atom stereocenters. The fourth-order valence-corrected chi connectivity index (χ4v) is 9.75. The van der Waals surface area contributed by atoms with Crippen LogP contribution in [0.1, 0.15) is 119 Å². The van der Waals surface area contributed by atoms with Gasteiger partial charge in [0.05, 0.1) is 0 Å². The highest BCUT2D eigenvalue weighted by molar-refractivity contribution is 5.66. The van der Waals surface area contributed by atoms with Crippen molar-refractivity contribution in [2.75, 3.05) is 0 Å². The first kappa shape index (κ1) is 25.0. The lowest BCUT2D eigenvalue weighted by Gasteiger charge is -2.62. The highest BCUT2D eigenvalue weighted by Gasteiger charge is 2.63. The molecule has 0 aromatic carbocycles. The largest absolute Gasteiger partial charge is 0.462 e. The minimum atomic E-state index is -0.132. The predicted octanol–water partition coefficient (Wildman–Crippen LogP) is 7.67. The molecule has 0 spiro atoms. The molecule has 0 amide bonds. The zero-order valence-corrected chi connectivity index (χ0v) is 22.4. The molecule has 0 bridgehead atoms. The third kappa shape index (κ3) is 3.66. The maximum Gasteiger partial charge on any atom is 0.302 e. The van der Waals surface area contributed by atoms with Gasteiger partial charge in [-0.2, -0.15) is 0 Å². The molecule has 0 aromatic rings. The van der Waals surface area contributed by atoms with Gasteiger partial charge in [-0.15, -0.1) is 0 Å². The summed E-state index contributed by atoms with van der Waals surface area (Å²) in [5.41, 5.74) is 4.56. The summed E-state index contributed by atoms with van der Waals surface area (Å²) in [5.74, 6) is 1.91. The number of unbranched alkanes of at least 4 members (excludes halogenated alkanes) is 1. The van der Waals surface area contributed by atoms with Crippen molar-refractivity contribution in [1.29, 1.82) is 0 Å². The van der Waals surface area contributed by atoms with Crippen molar-refractivity contribution < 1.29 is 14.3 Å². The zero-order chi connectivity index (χ0) is 24.2. The van der Waals surface area contributed by atoms with Gasteiger partial charge in [0.2, 0.25) is 0 Å². The van der Waals surface area contributed by atoms with Crippen LogP contribution >= 0.6 is 0 Å². The van der Waals surface area contributed by atoms with Crippen LogP contribution in [0, 0.1) is 39.4 Å². The predicted molar refractivity (Wildman–Crippen MR) is 134 cm³/mol. The lowest BCUT2D eigenvalue weighted by Crippen LogP contribution is -2.55. The van der Waals surface area contributed by atoms with Gasteiger partial charge in [0, 0.05) is 18.8 Å². The number of rotatable bonds is 6. The van der Waals surface area contributed by atoms with E-state index < -0.39 is 0 Å². The second-order valence-electron chi connectivity index (χ2n) is 13.4. The van der Waals surface area contributed by atoms with Gasteiger partial charge in [-0.05, 0) is 91.8 Å². The summed E-state index contributed by atoms with van der Waals surface area (Å²) >= 11 is 0. The Morgan fingerprint density at radius 3 is 2.42 bits per heavy atom. The Kier molecular flexibility index (Phi) is 6.45. The number of ether oxygens (including phenoxy) is 1. The normalized spacial score (nSPS) is 42.7. The highest BCUT2D eigenvalue weighted by Crippen LogP contribution is 2.72. The molecule has 0 saturated heterocycles. The number of carbonyl (C=O) groups excluding carboxylic acids is 2. The topological polar surface area (TPSA) is 43.4 Å². The fraction of sp³-hybridized carbons (Fsp3) is 0.867. The summed E-state index contributed by atoms with van der Waals surface area (Å²) in [6.07, 6.45) is 13.9. The van der Waals surface area contributed by atoms with E-state index in [0.29, 0.717) is 29.1 Å². The molecular weight excluding hydrogens is 408 g/mol. The SMILES string of the molecule is CC(=O)O[C@H]1CC[C@]2(C)C3=C(CC[C@H]2C1(C)C)[C@]1(C)CC[C@H]([C@H](C)CCCC=O)[C@@]1(C)CC3. The Labute approximate surface area is 202 Å². The smallest absolute Gasteiger partial charge is 0.302 e. The van der Waals surface area contributed by atoms with Crippen LogP contribution in [0.5, 0.6) is 0 Å². The maximum atomic E-state index is 11.8. The van der Waals surface area contributed by atoms with E-state index in [2.05, 4.69) is 41.5 Å². The van der Waals surface area contributed by atoms with Gasteiger partial charge in [0.15, 0.2) is 0 Å². The molecule has 0 N–H and O–H groups in total.